The molecule has 0 aliphatic carbocycles. The number of carbonyl (C=O) groups excluding carboxylic acids is 2. The van der Waals surface area contributed by atoms with Crippen molar-refractivity contribution in [2.24, 2.45) is 0 Å². The Labute approximate surface area is 208 Å². The van der Waals surface area contributed by atoms with Crippen molar-refractivity contribution < 1.29 is 9.59 Å². The molecule has 7 heteroatoms. The molecule has 0 unspecified atom stereocenters. The lowest BCUT2D eigenvalue weighted by Crippen LogP contribution is -2.41. The average Bonchev–Trinajstić information content (AvgIpc) is 3.20. The number of benzene rings is 2. The number of aryl methyl sites for hydroxylation is 3. The van der Waals surface area contributed by atoms with Gasteiger partial charge in [-0.2, -0.15) is 5.10 Å². The number of para-hydroxylation sites is 1. The maximum Gasteiger partial charge on any atom is 0.322 e. The summed E-state index contributed by atoms with van der Waals surface area (Å²) in [6.45, 7) is 14.6. The van der Waals surface area contributed by atoms with E-state index < -0.39 is 0 Å². The van der Waals surface area contributed by atoms with Crippen LogP contribution in [0.1, 0.15) is 56.5 Å². The summed E-state index contributed by atoms with van der Waals surface area (Å²) in [5.41, 5.74) is 5.44. The first-order chi connectivity index (χ1) is 16.5. The summed E-state index contributed by atoms with van der Waals surface area (Å²) in [5, 5.41) is 10.7. The Bertz CT molecular complexity index is 1170. The molecular formula is C28H37N5O2. The zero-order valence-electron chi connectivity index (χ0n) is 21.9. The monoisotopic (exact) mass is 475 g/mol. The van der Waals surface area contributed by atoms with E-state index in [4.69, 9.17) is 5.10 Å². The van der Waals surface area contributed by atoms with Gasteiger partial charge in [0.2, 0.25) is 5.91 Å². The first-order valence-electron chi connectivity index (χ1n) is 12.1. The van der Waals surface area contributed by atoms with E-state index in [2.05, 4.69) is 31.4 Å². The molecule has 1 aromatic heterocycles. The molecule has 3 rings (SSSR count). The van der Waals surface area contributed by atoms with Crippen LogP contribution in [-0.4, -0.2) is 39.7 Å². The third-order valence-corrected chi connectivity index (χ3v) is 5.85. The molecule has 0 saturated carbocycles. The molecule has 1 heterocycles. The van der Waals surface area contributed by atoms with E-state index in [0.29, 0.717) is 12.4 Å². The second-order valence-electron chi connectivity index (χ2n) is 10.1. The largest absolute Gasteiger partial charge is 0.322 e. The smallest absolute Gasteiger partial charge is 0.315 e. The summed E-state index contributed by atoms with van der Waals surface area (Å²) in [6, 6.07) is 15.5. The van der Waals surface area contributed by atoms with Crippen molar-refractivity contribution in [3.8, 4) is 5.69 Å². The van der Waals surface area contributed by atoms with Crippen LogP contribution < -0.4 is 10.6 Å². The highest BCUT2D eigenvalue weighted by atomic mass is 16.2. The molecule has 2 aromatic carbocycles. The second-order valence-corrected chi connectivity index (χ2v) is 10.1. The molecule has 0 spiro atoms. The molecule has 186 valence electrons. The molecule has 0 aliphatic rings. The highest BCUT2D eigenvalue weighted by Crippen LogP contribution is 2.26. The van der Waals surface area contributed by atoms with E-state index >= 15 is 0 Å². The quantitative estimate of drug-likeness (QED) is 0.441. The minimum atomic E-state index is -0.290. The zero-order valence-corrected chi connectivity index (χ0v) is 21.9. The first-order valence-corrected chi connectivity index (χ1v) is 12.1. The fourth-order valence-electron chi connectivity index (χ4n) is 3.80. The number of carbonyl (C=O) groups is 2. The van der Waals surface area contributed by atoms with Gasteiger partial charge in [-0.05, 0) is 50.5 Å². The number of amides is 3. The van der Waals surface area contributed by atoms with E-state index in [1.54, 1.807) is 9.58 Å². The van der Waals surface area contributed by atoms with Crippen molar-refractivity contribution in [2.45, 2.75) is 60.3 Å². The van der Waals surface area contributed by atoms with Crippen molar-refractivity contribution in [3.05, 3.63) is 70.9 Å². The van der Waals surface area contributed by atoms with Crippen LogP contribution in [0.5, 0.6) is 0 Å². The number of nitrogens with one attached hydrogen (secondary N) is 2. The lowest BCUT2D eigenvalue weighted by atomic mass is 9.92. The summed E-state index contributed by atoms with van der Waals surface area (Å²) in [5.74, 6) is 0.305. The van der Waals surface area contributed by atoms with E-state index in [-0.39, 0.29) is 23.9 Å². The van der Waals surface area contributed by atoms with Crippen LogP contribution in [-0.2, 0) is 10.2 Å². The van der Waals surface area contributed by atoms with E-state index in [0.717, 1.165) is 40.2 Å². The van der Waals surface area contributed by atoms with Gasteiger partial charge in [0.15, 0.2) is 0 Å². The Morgan fingerprint density at radius 2 is 1.60 bits per heavy atom. The molecule has 2 N–H and O–H groups in total. The number of rotatable bonds is 7. The predicted molar refractivity (Wildman–Crippen MR) is 142 cm³/mol. The minimum Gasteiger partial charge on any atom is -0.315 e. The summed E-state index contributed by atoms with van der Waals surface area (Å²) in [6.07, 6.45) is 0.739. The Kier molecular flexibility index (Phi) is 7.99. The van der Waals surface area contributed by atoms with Crippen molar-refractivity contribution in [3.63, 3.8) is 0 Å². The maximum atomic E-state index is 13.1. The van der Waals surface area contributed by atoms with Crippen LogP contribution >= 0.6 is 0 Å². The van der Waals surface area contributed by atoms with Crippen LogP contribution in [0.15, 0.2) is 48.5 Å². The summed E-state index contributed by atoms with van der Waals surface area (Å²) in [4.78, 5) is 27.7. The summed E-state index contributed by atoms with van der Waals surface area (Å²) < 4.78 is 1.75. The van der Waals surface area contributed by atoms with Crippen LogP contribution in [0, 0.1) is 20.8 Å². The third kappa shape index (κ3) is 6.50. The molecule has 0 saturated heterocycles. The van der Waals surface area contributed by atoms with E-state index in [1.165, 1.54) is 0 Å². The van der Waals surface area contributed by atoms with Gasteiger partial charge in [0.05, 0.1) is 11.4 Å². The van der Waals surface area contributed by atoms with Gasteiger partial charge in [-0.1, -0.05) is 63.6 Å². The number of urea groups is 1. The molecule has 0 atom stereocenters. The van der Waals surface area contributed by atoms with Gasteiger partial charge in [-0.15, -0.1) is 0 Å². The number of aromatic nitrogens is 2. The summed E-state index contributed by atoms with van der Waals surface area (Å²) >= 11 is 0. The Balaban J connectivity index is 1.81. The first kappa shape index (κ1) is 26.0. The number of hydrogen-bond acceptors (Lipinski definition) is 3. The van der Waals surface area contributed by atoms with Crippen LogP contribution in [0.3, 0.4) is 0 Å². The lowest BCUT2D eigenvalue weighted by molar-refractivity contribution is -0.116. The number of nitrogens with zero attached hydrogens (tertiary/aromatic N) is 3. The molecule has 0 fully saturated rings. The molecule has 7 nitrogen and oxygen atoms in total. The molecule has 0 bridgehead atoms. The highest BCUT2D eigenvalue weighted by Gasteiger charge is 2.23. The molecular weight excluding hydrogens is 438 g/mol. The van der Waals surface area contributed by atoms with Gasteiger partial charge in [0, 0.05) is 23.7 Å². The SMILES string of the molecule is CCCN(CC(=O)Nc1cc(C(C)(C)C)nn1-c1ccc(C)cc1)C(=O)Nc1c(C)cccc1C. The van der Waals surface area contributed by atoms with Crippen molar-refractivity contribution in [2.75, 3.05) is 23.7 Å². The molecule has 35 heavy (non-hydrogen) atoms. The van der Waals surface area contributed by atoms with Gasteiger partial charge >= 0.3 is 6.03 Å². The molecule has 0 aliphatic heterocycles. The maximum absolute atomic E-state index is 13.1. The van der Waals surface area contributed by atoms with Crippen LogP contribution in [0.2, 0.25) is 0 Å². The Morgan fingerprint density at radius 3 is 2.17 bits per heavy atom. The minimum absolute atomic E-state index is 0.0610. The Morgan fingerprint density at radius 1 is 0.971 bits per heavy atom. The Hall–Kier alpha value is -3.61. The highest BCUT2D eigenvalue weighted by molar-refractivity contribution is 5.97. The fourth-order valence-corrected chi connectivity index (χ4v) is 3.80. The molecule has 3 amide bonds. The van der Waals surface area contributed by atoms with Gasteiger partial charge in [-0.25, -0.2) is 9.48 Å². The van der Waals surface area contributed by atoms with Gasteiger partial charge < -0.3 is 15.5 Å². The van der Waals surface area contributed by atoms with Gasteiger partial charge in [0.1, 0.15) is 12.4 Å². The zero-order chi connectivity index (χ0) is 25.8. The molecule has 3 aromatic rings. The van der Waals surface area contributed by atoms with Crippen molar-refractivity contribution in [1.29, 1.82) is 0 Å². The molecule has 0 radical (unpaired) electrons. The van der Waals surface area contributed by atoms with Crippen LogP contribution in [0.4, 0.5) is 16.3 Å². The van der Waals surface area contributed by atoms with Crippen molar-refractivity contribution >= 4 is 23.4 Å². The fraction of sp³-hybridized carbons (Fsp3) is 0.393. The normalized spacial score (nSPS) is 11.3. The van der Waals surface area contributed by atoms with Crippen LogP contribution in [0.25, 0.3) is 5.69 Å². The summed E-state index contributed by atoms with van der Waals surface area (Å²) in [7, 11) is 0. The number of anilines is 2. The van der Waals surface area contributed by atoms with E-state index in [9.17, 15) is 9.59 Å². The third-order valence-electron chi connectivity index (χ3n) is 5.85. The topological polar surface area (TPSA) is 79.3 Å². The second kappa shape index (κ2) is 10.8. The predicted octanol–water partition coefficient (Wildman–Crippen LogP) is 5.98. The van der Waals surface area contributed by atoms with Gasteiger partial charge in [0.25, 0.3) is 0 Å². The number of hydrogen-bond donors (Lipinski definition) is 2. The average molecular weight is 476 g/mol. The van der Waals surface area contributed by atoms with Crippen molar-refractivity contribution in [1.82, 2.24) is 14.7 Å². The van der Waals surface area contributed by atoms with Gasteiger partial charge in [-0.3, -0.25) is 4.79 Å². The lowest BCUT2D eigenvalue weighted by Gasteiger charge is -2.23. The van der Waals surface area contributed by atoms with E-state index in [1.807, 2.05) is 76.2 Å². The standard InChI is InChI=1S/C28H37N5O2/c1-8-16-32(27(35)30-26-20(3)10-9-11-21(26)4)18-25(34)29-24-17-23(28(5,6)7)31-33(24)22-14-12-19(2)13-15-22/h9-15,17H,8,16,18H2,1-7H3,(H,29,34)(H,30,35).